The minimum atomic E-state index is -0.246. The van der Waals surface area contributed by atoms with E-state index in [1.54, 1.807) is 6.08 Å². The maximum atomic E-state index is 13.3. The topological polar surface area (TPSA) is 56.9 Å². The molecule has 2 heterocycles. The van der Waals surface area contributed by atoms with E-state index in [2.05, 4.69) is 18.2 Å². The van der Waals surface area contributed by atoms with Crippen LogP contribution in [0.3, 0.4) is 0 Å². The first kappa shape index (κ1) is 21.1. The first-order valence-corrected chi connectivity index (χ1v) is 11.6. The summed E-state index contributed by atoms with van der Waals surface area (Å²) in [7, 11) is 1.98. The molecule has 0 atom stereocenters. The number of nitrogens with zero attached hydrogens (tertiary/aromatic N) is 3. The lowest BCUT2D eigenvalue weighted by molar-refractivity contribution is 0.0990. The zero-order valence-electron chi connectivity index (χ0n) is 19.7. The maximum absolute atomic E-state index is 13.3. The SMILES string of the molecule is Cc1cc2c(cc1C)C(=O)C(=Cc1nc3c(cc(-c4ccccc4)n3C)n1-c1ccccc1)C2=O. The molecule has 35 heavy (non-hydrogen) atoms. The van der Waals surface area contributed by atoms with Crippen molar-refractivity contribution >= 4 is 28.8 Å². The Balaban J connectivity index is 1.57. The molecule has 0 spiro atoms. The number of benzene rings is 3. The fourth-order valence-electron chi connectivity index (χ4n) is 4.83. The number of carbonyl (C=O) groups is 2. The van der Waals surface area contributed by atoms with Gasteiger partial charge in [-0.05, 0) is 66.9 Å². The first-order chi connectivity index (χ1) is 16.9. The normalized spacial score (nSPS) is 13.1. The Kier molecular flexibility index (Phi) is 4.68. The van der Waals surface area contributed by atoms with Gasteiger partial charge < -0.3 is 4.57 Å². The number of hydrogen-bond acceptors (Lipinski definition) is 3. The summed E-state index contributed by atoms with van der Waals surface area (Å²) in [6, 6.07) is 25.8. The number of hydrogen-bond donors (Lipinski definition) is 0. The first-order valence-electron chi connectivity index (χ1n) is 11.6. The van der Waals surface area contributed by atoms with Gasteiger partial charge in [-0.2, -0.15) is 0 Å². The second kappa shape index (κ2) is 7.77. The molecule has 1 aliphatic carbocycles. The zero-order valence-corrected chi connectivity index (χ0v) is 19.7. The molecule has 2 aromatic heterocycles. The predicted molar refractivity (Wildman–Crippen MR) is 138 cm³/mol. The molecule has 5 heteroatoms. The van der Waals surface area contributed by atoms with Crippen LogP contribution in [0.1, 0.15) is 37.7 Å². The summed E-state index contributed by atoms with van der Waals surface area (Å²) in [5.74, 6) is 0.0591. The molecular weight excluding hydrogens is 434 g/mol. The largest absolute Gasteiger partial charge is 0.327 e. The van der Waals surface area contributed by atoms with E-state index in [9.17, 15) is 9.59 Å². The van der Waals surface area contributed by atoms with Gasteiger partial charge in [0.25, 0.3) is 0 Å². The van der Waals surface area contributed by atoms with Crippen LogP contribution in [-0.4, -0.2) is 25.7 Å². The lowest BCUT2D eigenvalue weighted by Crippen LogP contribution is -2.04. The third-order valence-electron chi connectivity index (χ3n) is 6.84. The lowest BCUT2D eigenvalue weighted by atomic mass is 10.0. The van der Waals surface area contributed by atoms with E-state index >= 15 is 0 Å². The summed E-state index contributed by atoms with van der Waals surface area (Å²) in [5, 5.41) is 0. The highest BCUT2D eigenvalue weighted by Crippen LogP contribution is 2.33. The number of carbonyl (C=O) groups excluding carboxylic acids is 2. The Morgan fingerprint density at radius 3 is 1.94 bits per heavy atom. The third-order valence-corrected chi connectivity index (χ3v) is 6.84. The highest BCUT2D eigenvalue weighted by Gasteiger charge is 2.34. The minimum Gasteiger partial charge on any atom is -0.327 e. The summed E-state index contributed by atoms with van der Waals surface area (Å²) >= 11 is 0. The van der Waals surface area contributed by atoms with Gasteiger partial charge in [0.15, 0.2) is 17.2 Å². The van der Waals surface area contributed by atoms with E-state index in [1.165, 1.54) is 0 Å². The van der Waals surface area contributed by atoms with Crippen LogP contribution in [0.4, 0.5) is 0 Å². The van der Waals surface area contributed by atoms with Crippen LogP contribution in [-0.2, 0) is 7.05 Å². The fraction of sp³-hybridized carbons (Fsp3) is 0.100. The van der Waals surface area contributed by atoms with Crippen LogP contribution in [0.25, 0.3) is 34.2 Å². The summed E-state index contributed by atoms with van der Waals surface area (Å²) in [6.07, 6.45) is 1.64. The number of aromatic nitrogens is 3. The number of ketones is 2. The van der Waals surface area contributed by atoms with Crippen molar-refractivity contribution in [2.75, 3.05) is 0 Å². The fourth-order valence-corrected chi connectivity index (χ4v) is 4.83. The van der Waals surface area contributed by atoms with Crippen molar-refractivity contribution in [1.82, 2.24) is 14.1 Å². The second-order valence-corrected chi connectivity index (χ2v) is 9.00. The maximum Gasteiger partial charge on any atom is 0.197 e. The smallest absolute Gasteiger partial charge is 0.197 e. The van der Waals surface area contributed by atoms with Gasteiger partial charge in [-0.1, -0.05) is 48.5 Å². The van der Waals surface area contributed by atoms with Gasteiger partial charge in [-0.25, -0.2) is 4.98 Å². The van der Waals surface area contributed by atoms with Crippen LogP contribution in [0, 0.1) is 13.8 Å². The van der Waals surface area contributed by atoms with E-state index < -0.39 is 0 Å². The van der Waals surface area contributed by atoms with E-state index in [0.717, 1.165) is 39.2 Å². The average Bonchev–Trinajstić information content (AvgIpc) is 3.46. The van der Waals surface area contributed by atoms with Gasteiger partial charge in [0.2, 0.25) is 0 Å². The predicted octanol–water partition coefficient (Wildman–Crippen LogP) is 6.11. The van der Waals surface area contributed by atoms with Gasteiger partial charge in [-0.15, -0.1) is 0 Å². The Hall–Kier alpha value is -4.51. The molecule has 3 aromatic carbocycles. The van der Waals surface area contributed by atoms with Crippen LogP contribution >= 0.6 is 0 Å². The molecule has 170 valence electrons. The molecule has 0 aliphatic heterocycles. The quantitative estimate of drug-likeness (QED) is 0.243. The van der Waals surface area contributed by atoms with Crippen LogP contribution in [0.15, 0.2) is 84.4 Å². The van der Waals surface area contributed by atoms with Crippen molar-refractivity contribution in [3.8, 4) is 16.9 Å². The molecule has 1 aliphatic rings. The Morgan fingerprint density at radius 1 is 0.771 bits per heavy atom. The number of rotatable bonds is 3. The summed E-state index contributed by atoms with van der Waals surface area (Å²) in [4.78, 5) is 31.4. The van der Waals surface area contributed by atoms with Gasteiger partial charge >= 0.3 is 0 Å². The van der Waals surface area contributed by atoms with Crippen molar-refractivity contribution in [3.63, 3.8) is 0 Å². The molecular formula is C30H23N3O2. The van der Waals surface area contributed by atoms with Crippen molar-refractivity contribution in [2.24, 2.45) is 7.05 Å². The van der Waals surface area contributed by atoms with Gasteiger partial charge in [-0.3, -0.25) is 14.2 Å². The van der Waals surface area contributed by atoms with Crippen LogP contribution < -0.4 is 0 Å². The molecule has 0 saturated carbocycles. The second-order valence-electron chi connectivity index (χ2n) is 9.00. The number of fused-ring (bicyclic) bond motifs is 2. The molecule has 0 fully saturated rings. The van der Waals surface area contributed by atoms with E-state index in [-0.39, 0.29) is 17.1 Å². The van der Waals surface area contributed by atoms with E-state index in [4.69, 9.17) is 4.98 Å². The zero-order chi connectivity index (χ0) is 24.3. The Bertz CT molecular complexity index is 1640. The minimum absolute atomic E-state index is 0.153. The number of allylic oxidation sites excluding steroid dienone is 1. The monoisotopic (exact) mass is 457 g/mol. The van der Waals surface area contributed by atoms with Crippen LogP contribution in [0.5, 0.6) is 0 Å². The molecule has 0 N–H and O–H groups in total. The highest BCUT2D eigenvalue weighted by atomic mass is 16.2. The van der Waals surface area contributed by atoms with Gasteiger partial charge in [0.1, 0.15) is 5.82 Å². The van der Waals surface area contributed by atoms with E-state index in [0.29, 0.717) is 17.0 Å². The summed E-state index contributed by atoms with van der Waals surface area (Å²) in [5.41, 5.74) is 7.82. The molecule has 5 nitrogen and oxygen atoms in total. The average molecular weight is 458 g/mol. The van der Waals surface area contributed by atoms with Crippen molar-refractivity contribution in [1.29, 1.82) is 0 Å². The van der Waals surface area contributed by atoms with Crippen LogP contribution in [0.2, 0.25) is 0 Å². The summed E-state index contributed by atoms with van der Waals surface area (Å²) < 4.78 is 4.06. The molecule has 6 rings (SSSR count). The number of para-hydroxylation sites is 1. The van der Waals surface area contributed by atoms with E-state index in [1.807, 2.05) is 90.7 Å². The number of aryl methyl sites for hydroxylation is 3. The molecule has 0 unspecified atom stereocenters. The Morgan fingerprint density at radius 2 is 1.34 bits per heavy atom. The third kappa shape index (κ3) is 3.20. The number of imidazole rings is 1. The van der Waals surface area contributed by atoms with Crippen molar-refractivity contribution in [2.45, 2.75) is 13.8 Å². The van der Waals surface area contributed by atoms with Gasteiger partial charge in [0.05, 0.1) is 16.8 Å². The highest BCUT2D eigenvalue weighted by molar-refractivity contribution is 6.41. The standard InChI is InChI=1S/C30H23N3O2/c1-18-14-22-23(15-19(18)2)29(35)24(28(22)34)16-27-31-30-26(33(27)21-12-8-5-9-13-21)17-25(32(30)3)20-10-6-4-7-11-20/h4-17H,1-3H3. The lowest BCUT2D eigenvalue weighted by Gasteiger charge is -2.07. The molecule has 5 aromatic rings. The molecule has 0 bridgehead atoms. The summed E-state index contributed by atoms with van der Waals surface area (Å²) in [6.45, 7) is 3.91. The molecule has 0 amide bonds. The van der Waals surface area contributed by atoms with Crippen molar-refractivity contribution in [3.05, 3.63) is 113 Å². The molecule has 0 saturated heterocycles. The molecule has 0 radical (unpaired) electrons. The van der Waals surface area contributed by atoms with Gasteiger partial charge in [0, 0.05) is 23.9 Å². The Labute approximate surface area is 203 Å². The van der Waals surface area contributed by atoms with Crippen molar-refractivity contribution < 1.29 is 9.59 Å². The number of Topliss-reactive ketones (excluding diaryl/α,β-unsaturated/α-hetero) is 2.